The van der Waals surface area contributed by atoms with Crippen LogP contribution in [0.2, 0.25) is 5.02 Å². The van der Waals surface area contributed by atoms with Crippen LogP contribution in [0.4, 0.5) is 5.69 Å². The minimum absolute atomic E-state index is 0.177. The van der Waals surface area contributed by atoms with Crippen molar-refractivity contribution in [1.82, 2.24) is 0 Å². The largest absolute Gasteiger partial charge is 0.489 e. The molecule has 1 N–H and O–H groups in total. The highest BCUT2D eigenvalue weighted by molar-refractivity contribution is 6.30. The molecule has 92 valence electrons. The van der Waals surface area contributed by atoms with Gasteiger partial charge in [-0.05, 0) is 30.7 Å². The third kappa shape index (κ3) is 2.16. The van der Waals surface area contributed by atoms with Crippen LogP contribution >= 0.6 is 11.6 Å². The first-order chi connectivity index (χ1) is 8.72. The van der Waals surface area contributed by atoms with Gasteiger partial charge in [-0.3, -0.25) is 0 Å². The first-order valence-electron chi connectivity index (χ1n) is 5.98. The lowest BCUT2D eigenvalue weighted by atomic mass is 10.0. The molecule has 1 atom stereocenters. The molecule has 2 aromatic carbocycles. The Kier molecular flexibility index (Phi) is 2.88. The van der Waals surface area contributed by atoms with Crippen molar-refractivity contribution in [1.29, 1.82) is 0 Å². The van der Waals surface area contributed by atoms with E-state index in [0.717, 1.165) is 16.5 Å². The summed E-state index contributed by atoms with van der Waals surface area (Å²) in [5, 5.41) is 4.18. The molecule has 0 spiro atoms. The van der Waals surface area contributed by atoms with Crippen molar-refractivity contribution in [2.24, 2.45) is 0 Å². The number of benzene rings is 2. The summed E-state index contributed by atoms with van der Waals surface area (Å²) in [7, 11) is 0. The molecule has 1 aliphatic heterocycles. The van der Waals surface area contributed by atoms with Crippen LogP contribution in [0.1, 0.15) is 17.2 Å². The van der Waals surface area contributed by atoms with Gasteiger partial charge in [-0.1, -0.05) is 41.4 Å². The van der Waals surface area contributed by atoms with E-state index in [1.54, 1.807) is 0 Å². The second kappa shape index (κ2) is 4.54. The Bertz CT molecular complexity index is 565. The Morgan fingerprint density at radius 3 is 2.72 bits per heavy atom. The number of aryl methyl sites for hydroxylation is 1. The molecule has 0 fully saturated rings. The highest BCUT2D eigenvalue weighted by Gasteiger charge is 2.20. The van der Waals surface area contributed by atoms with Gasteiger partial charge >= 0.3 is 0 Å². The fourth-order valence-corrected chi connectivity index (χ4v) is 2.29. The molecule has 0 radical (unpaired) electrons. The average Bonchev–Trinajstić information content (AvgIpc) is 2.38. The monoisotopic (exact) mass is 259 g/mol. The van der Waals surface area contributed by atoms with Gasteiger partial charge in [-0.25, -0.2) is 0 Å². The number of nitrogens with one attached hydrogen (secondary N) is 1. The summed E-state index contributed by atoms with van der Waals surface area (Å²) >= 11 is 6.00. The number of hydrogen-bond acceptors (Lipinski definition) is 2. The average molecular weight is 260 g/mol. The summed E-state index contributed by atoms with van der Waals surface area (Å²) in [4.78, 5) is 0. The number of halogens is 1. The van der Waals surface area contributed by atoms with Crippen LogP contribution in [-0.4, -0.2) is 6.61 Å². The normalized spacial score (nSPS) is 17.6. The van der Waals surface area contributed by atoms with E-state index in [0.29, 0.717) is 6.61 Å². The zero-order valence-corrected chi connectivity index (χ0v) is 10.9. The molecule has 1 aliphatic rings. The molecule has 0 saturated carbocycles. The second-order valence-corrected chi connectivity index (χ2v) is 5.00. The second-order valence-electron chi connectivity index (χ2n) is 4.56. The number of hydrogen-bond donors (Lipinski definition) is 1. The van der Waals surface area contributed by atoms with E-state index in [1.807, 2.05) is 18.2 Å². The summed E-state index contributed by atoms with van der Waals surface area (Å²) in [5.74, 6) is 0.864. The van der Waals surface area contributed by atoms with Crippen LogP contribution in [0.25, 0.3) is 0 Å². The molecule has 3 heteroatoms. The summed E-state index contributed by atoms with van der Waals surface area (Å²) in [6, 6.07) is 14.3. The van der Waals surface area contributed by atoms with E-state index in [1.165, 1.54) is 11.1 Å². The lowest BCUT2D eigenvalue weighted by Crippen LogP contribution is -2.23. The Labute approximate surface area is 112 Å². The van der Waals surface area contributed by atoms with Gasteiger partial charge < -0.3 is 10.1 Å². The van der Waals surface area contributed by atoms with E-state index >= 15 is 0 Å². The third-order valence-corrected chi connectivity index (χ3v) is 3.39. The predicted octanol–water partition coefficient (Wildman–Crippen LogP) is 4.19. The quantitative estimate of drug-likeness (QED) is 0.829. The molecule has 1 heterocycles. The molecule has 0 aliphatic carbocycles. The Morgan fingerprint density at radius 2 is 1.94 bits per heavy atom. The van der Waals surface area contributed by atoms with E-state index in [2.05, 4.69) is 36.5 Å². The van der Waals surface area contributed by atoms with Crippen LogP contribution in [-0.2, 0) is 0 Å². The molecule has 0 bridgehead atoms. The van der Waals surface area contributed by atoms with Crippen LogP contribution in [0.15, 0.2) is 42.5 Å². The highest BCUT2D eigenvalue weighted by atomic mass is 35.5. The lowest BCUT2D eigenvalue weighted by molar-refractivity contribution is 0.286. The summed E-state index contributed by atoms with van der Waals surface area (Å²) in [6.45, 7) is 2.72. The van der Waals surface area contributed by atoms with Crippen LogP contribution in [0, 0.1) is 6.92 Å². The van der Waals surface area contributed by atoms with Crippen molar-refractivity contribution in [2.75, 3.05) is 11.9 Å². The van der Waals surface area contributed by atoms with Gasteiger partial charge in [-0.15, -0.1) is 0 Å². The number of rotatable bonds is 1. The maximum atomic E-state index is 6.00. The van der Waals surface area contributed by atoms with Crippen LogP contribution < -0.4 is 10.1 Å². The summed E-state index contributed by atoms with van der Waals surface area (Å²) < 4.78 is 5.75. The third-order valence-electron chi connectivity index (χ3n) is 3.16. The van der Waals surface area contributed by atoms with Gasteiger partial charge in [0, 0.05) is 5.02 Å². The topological polar surface area (TPSA) is 21.3 Å². The molecule has 2 nitrogen and oxygen atoms in total. The van der Waals surface area contributed by atoms with Crippen molar-refractivity contribution in [3.05, 3.63) is 58.6 Å². The van der Waals surface area contributed by atoms with Crippen molar-refractivity contribution < 1.29 is 4.74 Å². The van der Waals surface area contributed by atoms with Crippen molar-refractivity contribution in [2.45, 2.75) is 13.0 Å². The molecule has 0 amide bonds. The van der Waals surface area contributed by atoms with Crippen LogP contribution in [0.3, 0.4) is 0 Å². The summed E-state index contributed by atoms with van der Waals surface area (Å²) in [5.41, 5.74) is 3.45. The van der Waals surface area contributed by atoms with Gasteiger partial charge in [0.15, 0.2) is 0 Å². The predicted molar refractivity (Wildman–Crippen MR) is 74.5 cm³/mol. The Hall–Kier alpha value is -1.67. The van der Waals surface area contributed by atoms with E-state index in [4.69, 9.17) is 16.3 Å². The maximum Gasteiger partial charge on any atom is 0.142 e. The van der Waals surface area contributed by atoms with Crippen LogP contribution in [0.5, 0.6) is 5.75 Å². The van der Waals surface area contributed by atoms with E-state index < -0.39 is 0 Å². The fraction of sp³-hybridized carbons (Fsp3) is 0.200. The highest BCUT2D eigenvalue weighted by Crippen LogP contribution is 2.35. The molecular weight excluding hydrogens is 246 g/mol. The van der Waals surface area contributed by atoms with Gasteiger partial charge in [0.2, 0.25) is 0 Å². The zero-order chi connectivity index (χ0) is 12.5. The molecule has 1 unspecified atom stereocenters. The van der Waals surface area contributed by atoms with E-state index in [9.17, 15) is 0 Å². The first-order valence-corrected chi connectivity index (χ1v) is 6.35. The molecule has 18 heavy (non-hydrogen) atoms. The minimum Gasteiger partial charge on any atom is -0.489 e. The Balaban J connectivity index is 1.88. The number of anilines is 1. The SMILES string of the molecule is Cc1ccc(C2COc3ccc(Cl)cc3N2)cc1. The zero-order valence-electron chi connectivity index (χ0n) is 10.1. The molecule has 0 aromatic heterocycles. The van der Waals surface area contributed by atoms with Crippen molar-refractivity contribution >= 4 is 17.3 Å². The summed E-state index contributed by atoms with van der Waals surface area (Å²) in [6.07, 6.45) is 0. The standard InChI is InChI=1S/C15H14ClNO/c1-10-2-4-11(5-3-10)14-9-18-15-7-6-12(16)8-13(15)17-14/h2-8,14,17H,9H2,1H3. The lowest BCUT2D eigenvalue weighted by Gasteiger charge is -2.28. The molecule has 3 rings (SSSR count). The van der Waals surface area contributed by atoms with E-state index in [-0.39, 0.29) is 6.04 Å². The van der Waals surface area contributed by atoms with Gasteiger partial charge in [0.05, 0.1) is 11.7 Å². The molecule has 0 saturated heterocycles. The molecule has 2 aromatic rings. The minimum atomic E-state index is 0.177. The fourth-order valence-electron chi connectivity index (χ4n) is 2.12. The first kappa shape index (κ1) is 11.4. The number of ether oxygens (including phenoxy) is 1. The smallest absolute Gasteiger partial charge is 0.142 e. The maximum absolute atomic E-state index is 6.00. The Morgan fingerprint density at radius 1 is 1.17 bits per heavy atom. The van der Waals surface area contributed by atoms with Crippen molar-refractivity contribution in [3.63, 3.8) is 0 Å². The number of fused-ring (bicyclic) bond motifs is 1. The molecular formula is C15H14ClNO. The van der Waals surface area contributed by atoms with Gasteiger partial charge in [-0.2, -0.15) is 0 Å². The van der Waals surface area contributed by atoms with Crippen molar-refractivity contribution in [3.8, 4) is 5.75 Å². The van der Waals surface area contributed by atoms with Gasteiger partial charge in [0.25, 0.3) is 0 Å². The van der Waals surface area contributed by atoms with Gasteiger partial charge in [0.1, 0.15) is 12.4 Å².